The molecule has 0 radical (unpaired) electrons. The van der Waals surface area contributed by atoms with Crippen molar-refractivity contribution in [3.05, 3.63) is 29.3 Å². The summed E-state index contributed by atoms with van der Waals surface area (Å²) in [5, 5.41) is 0. The average Bonchev–Trinajstić information content (AvgIpc) is 2.89. The van der Waals surface area contributed by atoms with Crippen molar-refractivity contribution in [1.29, 1.82) is 0 Å². The Labute approximate surface area is 129 Å². The number of hydrogen-bond donors (Lipinski definition) is 1. The SMILES string of the molecule is Cc1ccc(N)c(C(=O)OC2CCOC3(CCSC3)C2)c1. The first kappa shape index (κ1) is 14.7. The van der Waals surface area contributed by atoms with Gasteiger partial charge in [0.1, 0.15) is 6.10 Å². The van der Waals surface area contributed by atoms with Gasteiger partial charge in [-0.25, -0.2) is 4.79 Å². The predicted octanol–water partition coefficient (Wildman–Crippen LogP) is 2.79. The number of anilines is 1. The zero-order chi connectivity index (χ0) is 14.9. The van der Waals surface area contributed by atoms with Gasteiger partial charge in [0.15, 0.2) is 0 Å². The summed E-state index contributed by atoms with van der Waals surface area (Å²) < 4.78 is 11.6. The van der Waals surface area contributed by atoms with Gasteiger partial charge in [-0.05, 0) is 31.2 Å². The number of rotatable bonds is 2. The van der Waals surface area contributed by atoms with Gasteiger partial charge < -0.3 is 15.2 Å². The monoisotopic (exact) mass is 307 g/mol. The largest absolute Gasteiger partial charge is 0.459 e. The Morgan fingerprint density at radius 1 is 1.52 bits per heavy atom. The van der Waals surface area contributed by atoms with Crippen LogP contribution in [0.3, 0.4) is 0 Å². The molecule has 114 valence electrons. The second-order valence-electron chi connectivity index (χ2n) is 5.94. The van der Waals surface area contributed by atoms with Gasteiger partial charge in [-0.1, -0.05) is 11.6 Å². The molecule has 2 unspecified atom stereocenters. The number of nitrogen functional groups attached to an aromatic ring is 1. The van der Waals surface area contributed by atoms with Crippen molar-refractivity contribution in [3.63, 3.8) is 0 Å². The lowest BCUT2D eigenvalue weighted by Crippen LogP contribution is -2.43. The highest BCUT2D eigenvalue weighted by atomic mass is 32.2. The van der Waals surface area contributed by atoms with E-state index >= 15 is 0 Å². The maximum absolute atomic E-state index is 12.3. The third kappa shape index (κ3) is 3.19. The van der Waals surface area contributed by atoms with E-state index in [0.29, 0.717) is 17.9 Å². The second kappa shape index (κ2) is 5.89. The van der Waals surface area contributed by atoms with Gasteiger partial charge in [-0.3, -0.25) is 0 Å². The van der Waals surface area contributed by atoms with Gasteiger partial charge in [-0.2, -0.15) is 11.8 Å². The van der Waals surface area contributed by atoms with Crippen molar-refractivity contribution < 1.29 is 14.3 Å². The molecule has 0 aliphatic carbocycles. The van der Waals surface area contributed by atoms with E-state index in [2.05, 4.69) is 0 Å². The minimum absolute atomic E-state index is 0.0649. The maximum atomic E-state index is 12.3. The van der Waals surface area contributed by atoms with Crippen LogP contribution >= 0.6 is 11.8 Å². The summed E-state index contributed by atoms with van der Waals surface area (Å²) in [6.45, 7) is 2.61. The smallest absolute Gasteiger partial charge is 0.340 e. The lowest BCUT2D eigenvalue weighted by Gasteiger charge is -2.37. The Morgan fingerprint density at radius 2 is 2.38 bits per heavy atom. The van der Waals surface area contributed by atoms with Crippen LogP contribution in [0.4, 0.5) is 5.69 Å². The van der Waals surface area contributed by atoms with Gasteiger partial charge in [-0.15, -0.1) is 0 Å². The summed E-state index contributed by atoms with van der Waals surface area (Å²) in [5.74, 6) is 1.82. The van der Waals surface area contributed by atoms with E-state index in [0.717, 1.165) is 36.3 Å². The molecule has 2 atom stereocenters. The molecule has 5 heteroatoms. The Morgan fingerprint density at radius 3 is 3.14 bits per heavy atom. The first-order valence-corrected chi connectivity index (χ1v) is 8.52. The number of thioether (sulfide) groups is 1. The van der Waals surface area contributed by atoms with E-state index in [1.54, 1.807) is 12.1 Å². The van der Waals surface area contributed by atoms with Crippen LogP contribution in [0.2, 0.25) is 0 Å². The van der Waals surface area contributed by atoms with E-state index in [4.69, 9.17) is 15.2 Å². The van der Waals surface area contributed by atoms with Crippen LogP contribution in [0.25, 0.3) is 0 Å². The summed E-state index contributed by atoms with van der Waals surface area (Å²) in [5.41, 5.74) is 7.76. The molecule has 2 heterocycles. The fraction of sp³-hybridized carbons (Fsp3) is 0.562. The van der Waals surface area contributed by atoms with E-state index in [1.807, 2.05) is 24.8 Å². The van der Waals surface area contributed by atoms with E-state index < -0.39 is 0 Å². The maximum Gasteiger partial charge on any atom is 0.340 e. The summed E-state index contributed by atoms with van der Waals surface area (Å²) in [6.07, 6.45) is 2.56. The Kier molecular flexibility index (Phi) is 4.13. The van der Waals surface area contributed by atoms with E-state index in [9.17, 15) is 4.79 Å². The average molecular weight is 307 g/mol. The molecule has 2 aliphatic heterocycles. The zero-order valence-corrected chi connectivity index (χ0v) is 13.1. The number of hydrogen-bond acceptors (Lipinski definition) is 5. The summed E-state index contributed by atoms with van der Waals surface area (Å²) in [6, 6.07) is 5.44. The molecule has 0 aromatic heterocycles. The minimum Gasteiger partial charge on any atom is -0.459 e. The number of esters is 1. The fourth-order valence-electron chi connectivity index (χ4n) is 3.01. The quantitative estimate of drug-likeness (QED) is 0.672. The van der Waals surface area contributed by atoms with Crippen LogP contribution in [0.1, 0.15) is 35.2 Å². The fourth-order valence-corrected chi connectivity index (χ4v) is 4.39. The normalized spacial score (nSPS) is 28.7. The summed E-state index contributed by atoms with van der Waals surface area (Å²) >= 11 is 1.92. The Hall–Kier alpha value is -1.20. The van der Waals surface area contributed by atoms with Crippen LogP contribution in [0.15, 0.2) is 18.2 Å². The van der Waals surface area contributed by atoms with Gasteiger partial charge in [0.05, 0.1) is 17.8 Å². The second-order valence-corrected chi connectivity index (χ2v) is 7.05. The van der Waals surface area contributed by atoms with Crippen LogP contribution in [0, 0.1) is 6.92 Å². The lowest BCUT2D eigenvalue weighted by atomic mass is 9.91. The van der Waals surface area contributed by atoms with Crippen molar-refractivity contribution >= 4 is 23.4 Å². The minimum atomic E-state index is -0.316. The number of carbonyl (C=O) groups excluding carboxylic acids is 1. The highest BCUT2D eigenvalue weighted by Crippen LogP contribution is 2.39. The van der Waals surface area contributed by atoms with Crippen molar-refractivity contribution in [3.8, 4) is 0 Å². The molecular formula is C16H21NO3S. The predicted molar refractivity (Wildman–Crippen MR) is 84.7 cm³/mol. The Balaban J connectivity index is 1.68. The molecule has 2 N–H and O–H groups in total. The highest BCUT2D eigenvalue weighted by Gasteiger charge is 2.41. The van der Waals surface area contributed by atoms with Crippen molar-refractivity contribution in [2.24, 2.45) is 0 Å². The van der Waals surface area contributed by atoms with Crippen LogP contribution in [-0.4, -0.2) is 35.8 Å². The van der Waals surface area contributed by atoms with Crippen LogP contribution in [-0.2, 0) is 9.47 Å². The standard InChI is InChI=1S/C16H21NO3S/c1-11-2-3-14(17)13(8-11)15(18)20-12-4-6-19-16(9-12)5-7-21-10-16/h2-3,8,12H,4-7,9-10,17H2,1H3. The van der Waals surface area contributed by atoms with Gasteiger partial charge in [0.25, 0.3) is 0 Å². The number of nitrogens with two attached hydrogens (primary N) is 1. The van der Waals surface area contributed by atoms with Crippen molar-refractivity contribution in [1.82, 2.24) is 0 Å². The molecular weight excluding hydrogens is 286 g/mol. The molecule has 3 rings (SSSR count). The van der Waals surface area contributed by atoms with Gasteiger partial charge in [0, 0.05) is 24.3 Å². The number of ether oxygens (including phenoxy) is 2. The topological polar surface area (TPSA) is 61.6 Å². The van der Waals surface area contributed by atoms with Gasteiger partial charge in [0.2, 0.25) is 0 Å². The van der Waals surface area contributed by atoms with Crippen LogP contribution < -0.4 is 5.73 Å². The molecule has 1 spiro atoms. The molecule has 0 amide bonds. The molecule has 1 aromatic rings. The van der Waals surface area contributed by atoms with Crippen molar-refractivity contribution in [2.75, 3.05) is 23.8 Å². The third-order valence-electron chi connectivity index (χ3n) is 4.22. The molecule has 2 fully saturated rings. The molecule has 4 nitrogen and oxygen atoms in total. The molecule has 0 saturated carbocycles. The third-order valence-corrected chi connectivity index (χ3v) is 5.44. The zero-order valence-electron chi connectivity index (χ0n) is 12.3. The highest BCUT2D eigenvalue weighted by molar-refractivity contribution is 7.99. The van der Waals surface area contributed by atoms with E-state index in [-0.39, 0.29) is 17.7 Å². The van der Waals surface area contributed by atoms with Crippen LogP contribution in [0.5, 0.6) is 0 Å². The number of benzene rings is 1. The molecule has 0 bridgehead atoms. The van der Waals surface area contributed by atoms with Crippen molar-refractivity contribution in [2.45, 2.75) is 37.9 Å². The first-order chi connectivity index (χ1) is 10.1. The number of aryl methyl sites for hydroxylation is 1. The lowest BCUT2D eigenvalue weighted by molar-refractivity contribution is -0.106. The molecule has 2 saturated heterocycles. The van der Waals surface area contributed by atoms with E-state index in [1.165, 1.54) is 0 Å². The summed E-state index contributed by atoms with van der Waals surface area (Å²) in [4.78, 5) is 12.3. The molecule has 2 aliphatic rings. The summed E-state index contributed by atoms with van der Waals surface area (Å²) in [7, 11) is 0. The van der Waals surface area contributed by atoms with Gasteiger partial charge >= 0.3 is 5.97 Å². The first-order valence-electron chi connectivity index (χ1n) is 7.37. The Bertz CT molecular complexity index is 540. The number of carbonyl (C=O) groups is 1. The molecule has 21 heavy (non-hydrogen) atoms. The molecule has 1 aromatic carbocycles.